The molecule has 1 aliphatic heterocycles. The van der Waals surface area contributed by atoms with Gasteiger partial charge in [0.25, 0.3) is 5.91 Å². The summed E-state index contributed by atoms with van der Waals surface area (Å²) < 4.78 is 24.2. The Hall–Kier alpha value is -3.10. The third-order valence-corrected chi connectivity index (χ3v) is 5.72. The fraction of sp³-hybridized carbons (Fsp3) is 0.440. The van der Waals surface area contributed by atoms with E-state index in [1.54, 1.807) is 33.0 Å². The second-order valence-electron chi connectivity index (χ2n) is 8.62. The summed E-state index contributed by atoms with van der Waals surface area (Å²) in [7, 11) is 3.32. The van der Waals surface area contributed by atoms with Crippen molar-refractivity contribution in [3.05, 3.63) is 53.6 Å². The molecule has 0 bridgehead atoms. The fourth-order valence-electron chi connectivity index (χ4n) is 4.03. The Morgan fingerprint density at radius 2 is 1.88 bits per heavy atom. The minimum Gasteiger partial charge on any atom is -0.497 e. The van der Waals surface area contributed by atoms with Crippen LogP contribution in [0, 0.1) is 0 Å². The number of rotatable bonds is 8. The molecule has 176 valence electrons. The van der Waals surface area contributed by atoms with Gasteiger partial charge < -0.3 is 23.8 Å². The maximum Gasteiger partial charge on any atom is 0.266 e. The Kier molecular flexibility index (Phi) is 6.85. The number of carbonyl (C=O) groups is 1. The molecular formula is C25H31N3O5. The highest BCUT2D eigenvalue weighted by atomic mass is 16.5. The molecule has 0 spiro atoms. The van der Waals surface area contributed by atoms with Crippen LogP contribution < -0.4 is 9.47 Å². The Morgan fingerprint density at radius 3 is 2.61 bits per heavy atom. The van der Waals surface area contributed by atoms with Gasteiger partial charge in [-0.15, -0.1) is 5.10 Å². The number of carbonyl (C=O) groups excluding carboxylic acids is 1. The van der Waals surface area contributed by atoms with E-state index in [-0.39, 0.29) is 5.91 Å². The van der Waals surface area contributed by atoms with Crippen molar-refractivity contribution in [1.82, 2.24) is 14.7 Å². The SMILES string of the molecule is COCc1ccc2c(c1)c(OC(C)(C)C(=O)N1CCOCC1)nn2Cc1cccc(OC)c1. The van der Waals surface area contributed by atoms with Gasteiger partial charge in [0.05, 0.1) is 44.4 Å². The van der Waals surface area contributed by atoms with Gasteiger partial charge in [-0.25, -0.2) is 0 Å². The Labute approximate surface area is 194 Å². The first-order chi connectivity index (χ1) is 15.9. The van der Waals surface area contributed by atoms with E-state index in [1.807, 2.05) is 47.1 Å². The molecule has 1 amide bonds. The van der Waals surface area contributed by atoms with Gasteiger partial charge in [-0.1, -0.05) is 18.2 Å². The summed E-state index contributed by atoms with van der Waals surface area (Å²) in [6.07, 6.45) is 0. The molecule has 1 fully saturated rings. The summed E-state index contributed by atoms with van der Waals surface area (Å²) in [5, 5.41) is 5.61. The lowest BCUT2D eigenvalue weighted by molar-refractivity contribution is -0.149. The number of hydrogen-bond acceptors (Lipinski definition) is 6. The molecule has 0 aliphatic carbocycles. The van der Waals surface area contributed by atoms with Crippen molar-refractivity contribution in [2.75, 3.05) is 40.5 Å². The van der Waals surface area contributed by atoms with Gasteiger partial charge in [-0.3, -0.25) is 9.48 Å². The van der Waals surface area contributed by atoms with E-state index in [2.05, 4.69) is 0 Å². The fourth-order valence-corrected chi connectivity index (χ4v) is 4.03. The van der Waals surface area contributed by atoms with Crippen molar-refractivity contribution in [2.45, 2.75) is 32.6 Å². The normalized spacial score (nSPS) is 14.5. The van der Waals surface area contributed by atoms with E-state index in [1.165, 1.54) is 0 Å². The lowest BCUT2D eigenvalue weighted by Crippen LogP contribution is -2.52. The number of methoxy groups -OCH3 is 2. The second-order valence-corrected chi connectivity index (χ2v) is 8.62. The van der Waals surface area contributed by atoms with Crippen LogP contribution in [-0.4, -0.2) is 66.7 Å². The predicted molar refractivity (Wildman–Crippen MR) is 125 cm³/mol. The molecular weight excluding hydrogens is 422 g/mol. The molecule has 0 saturated carbocycles. The van der Waals surface area contributed by atoms with Crippen LogP contribution in [0.1, 0.15) is 25.0 Å². The van der Waals surface area contributed by atoms with E-state index in [0.717, 1.165) is 27.8 Å². The summed E-state index contributed by atoms with van der Waals surface area (Å²) in [5.74, 6) is 1.15. The molecule has 1 saturated heterocycles. The van der Waals surface area contributed by atoms with E-state index < -0.39 is 5.60 Å². The molecule has 33 heavy (non-hydrogen) atoms. The number of amides is 1. The largest absolute Gasteiger partial charge is 0.497 e. The minimum atomic E-state index is -1.07. The van der Waals surface area contributed by atoms with Gasteiger partial charge in [0.15, 0.2) is 5.60 Å². The number of fused-ring (bicyclic) bond motifs is 1. The molecule has 0 atom stereocenters. The van der Waals surface area contributed by atoms with Gasteiger partial charge in [-0.05, 0) is 49.2 Å². The number of ether oxygens (including phenoxy) is 4. The van der Waals surface area contributed by atoms with Crippen LogP contribution in [0.3, 0.4) is 0 Å². The monoisotopic (exact) mass is 453 g/mol. The zero-order chi connectivity index (χ0) is 23.4. The zero-order valence-corrected chi connectivity index (χ0v) is 19.7. The molecule has 0 radical (unpaired) electrons. The minimum absolute atomic E-state index is 0.0747. The molecule has 0 unspecified atom stereocenters. The van der Waals surface area contributed by atoms with E-state index in [0.29, 0.717) is 45.3 Å². The van der Waals surface area contributed by atoms with Crippen molar-refractivity contribution in [3.63, 3.8) is 0 Å². The molecule has 1 aliphatic rings. The van der Waals surface area contributed by atoms with E-state index >= 15 is 0 Å². The van der Waals surface area contributed by atoms with Crippen LogP contribution in [0.25, 0.3) is 10.9 Å². The van der Waals surface area contributed by atoms with Crippen molar-refractivity contribution in [1.29, 1.82) is 0 Å². The van der Waals surface area contributed by atoms with Crippen LogP contribution >= 0.6 is 0 Å². The summed E-state index contributed by atoms with van der Waals surface area (Å²) in [6.45, 7) is 6.81. The molecule has 1 aromatic heterocycles. The van der Waals surface area contributed by atoms with Gasteiger partial charge >= 0.3 is 0 Å². The number of nitrogens with zero attached hydrogens (tertiary/aromatic N) is 3. The first-order valence-corrected chi connectivity index (χ1v) is 11.1. The third kappa shape index (κ3) is 5.12. The highest BCUT2D eigenvalue weighted by Gasteiger charge is 2.36. The van der Waals surface area contributed by atoms with Crippen molar-refractivity contribution >= 4 is 16.8 Å². The first kappa shape index (κ1) is 23.1. The topological polar surface area (TPSA) is 75.0 Å². The van der Waals surface area contributed by atoms with Crippen LogP contribution in [0.15, 0.2) is 42.5 Å². The highest BCUT2D eigenvalue weighted by Crippen LogP contribution is 2.31. The molecule has 8 heteroatoms. The second kappa shape index (κ2) is 9.80. The van der Waals surface area contributed by atoms with Crippen LogP contribution in [-0.2, 0) is 27.4 Å². The average molecular weight is 454 g/mol. The molecule has 0 N–H and O–H groups in total. The van der Waals surface area contributed by atoms with Gasteiger partial charge in [0, 0.05) is 20.2 Å². The van der Waals surface area contributed by atoms with E-state index in [9.17, 15) is 4.79 Å². The molecule has 8 nitrogen and oxygen atoms in total. The lowest BCUT2D eigenvalue weighted by Gasteiger charge is -2.33. The highest BCUT2D eigenvalue weighted by molar-refractivity contribution is 5.88. The molecule has 3 aromatic rings. The summed E-state index contributed by atoms with van der Waals surface area (Å²) in [6, 6.07) is 13.9. The number of benzene rings is 2. The predicted octanol–water partition coefficient (Wildman–Crippen LogP) is 3.26. The average Bonchev–Trinajstić information content (AvgIpc) is 3.15. The summed E-state index contributed by atoms with van der Waals surface area (Å²) in [4.78, 5) is 15.0. The maximum atomic E-state index is 13.2. The van der Waals surface area contributed by atoms with Crippen LogP contribution in [0.5, 0.6) is 11.6 Å². The van der Waals surface area contributed by atoms with Gasteiger partial charge in [-0.2, -0.15) is 0 Å². The molecule has 2 aromatic carbocycles. The standard InChI is InChI=1S/C25H31N3O5/c1-25(2,24(29)27-10-12-32-13-11-27)33-23-21-15-19(17-30-3)8-9-22(21)28(26-23)16-18-6-5-7-20(14-18)31-4/h5-9,14-15H,10-13,16-17H2,1-4H3. The number of morpholine rings is 1. The Balaban J connectivity index is 1.68. The van der Waals surface area contributed by atoms with Crippen molar-refractivity contribution in [2.24, 2.45) is 0 Å². The summed E-state index contributed by atoms with van der Waals surface area (Å²) in [5.41, 5.74) is 1.90. The first-order valence-electron chi connectivity index (χ1n) is 11.1. The number of aromatic nitrogens is 2. The van der Waals surface area contributed by atoms with Gasteiger partial charge in [0.2, 0.25) is 5.88 Å². The van der Waals surface area contributed by atoms with E-state index in [4.69, 9.17) is 24.0 Å². The maximum absolute atomic E-state index is 13.2. The smallest absolute Gasteiger partial charge is 0.266 e. The van der Waals surface area contributed by atoms with Crippen LogP contribution in [0.4, 0.5) is 0 Å². The van der Waals surface area contributed by atoms with Crippen molar-refractivity contribution < 1.29 is 23.7 Å². The summed E-state index contributed by atoms with van der Waals surface area (Å²) >= 11 is 0. The molecule has 2 heterocycles. The molecule has 4 rings (SSSR count). The zero-order valence-electron chi connectivity index (χ0n) is 19.7. The number of hydrogen-bond donors (Lipinski definition) is 0. The van der Waals surface area contributed by atoms with Gasteiger partial charge in [0.1, 0.15) is 5.75 Å². The van der Waals surface area contributed by atoms with Crippen molar-refractivity contribution in [3.8, 4) is 11.6 Å². The third-order valence-electron chi connectivity index (χ3n) is 5.72. The van der Waals surface area contributed by atoms with Crippen LogP contribution in [0.2, 0.25) is 0 Å². The quantitative estimate of drug-likeness (QED) is 0.521. The Morgan fingerprint density at radius 1 is 1.09 bits per heavy atom. The lowest BCUT2D eigenvalue weighted by atomic mass is 10.1. The Bertz CT molecular complexity index is 1120.